The first kappa shape index (κ1) is 16.9. The van der Waals surface area contributed by atoms with Gasteiger partial charge in [0.25, 0.3) is 0 Å². The van der Waals surface area contributed by atoms with Crippen molar-refractivity contribution in [1.29, 1.82) is 0 Å². The van der Waals surface area contributed by atoms with E-state index in [1.165, 1.54) is 6.08 Å². The molecule has 6 heteroatoms. The second-order valence-electron chi connectivity index (χ2n) is 5.82. The number of amides is 1. The largest absolute Gasteiger partial charge is 0.454 e. The molecule has 0 unspecified atom stereocenters. The highest BCUT2D eigenvalue weighted by atomic mass is 35.5. The van der Waals surface area contributed by atoms with Gasteiger partial charge in [0.05, 0.1) is 11.1 Å². The van der Waals surface area contributed by atoms with E-state index in [9.17, 15) is 4.79 Å². The van der Waals surface area contributed by atoms with Gasteiger partial charge in [-0.2, -0.15) is 0 Å². The Hall–Kier alpha value is -1.98. The molecular weight excluding hydrogens is 346 g/mol. The molecule has 0 spiro atoms. The SMILES string of the molecule is CC(C)[C@H](NC(=O)/C=C/c1cc(Cl)c2c(c1)OCO2)c1cccs1. The molecule has 24 heavy (non-hydrogen) atoms. The second kappa shape index (κ2) is 7.28. The Morgan fingerprint density at radius 1 is 1.38 bits per heavy atom. The zero-order valence-electron chi connectivity index (χ0n) is 13.4. The summed E-state index contributed by atoms with van der Waals surface area (Å²) in [6.45, 7) is 4.34. The molecule has 1 atom stereocenters. The molecule has 1 N–H and O–H groups in total. The lowest BCUT2D eigenvalue weighted by Crippen LogP contribution is -2.29. The summed E-state index contributed by atoms with van der Waals surface area (Å²) in [7, 11) is 0. The van der Waals surface area contributed by atoms with Gasteiger partial charge in [0.2, 0.25) is 12.7 Å². The van der Waals surface area contributed by atoms with E-state index in [4.69, 9.17) is 21.1 Å². The molecule has 1 aliphatic heterocycles. The Kier molecular flexibility index (Phi) is 5.11. The molecule has 1 amide bonds. The van der Waals surface area contributed by atoms with Crippen LogP contribution in [0.25, 0.3) is 6.08 Å². The van der Waals surface area contributed by atoms with E-state index >= 15 is 0 Å². The third-order valence-electron chi connectivity index (χ3n) is 3.69. The second-order valence-corrected chi connectivity index (χ2v) is 7.20. The van der Waals surface area contributed by atoms with Crippen LogP contribution in [-0.4, -0.2) is 12.7 Å². The molecule has 2 aromatic rings. The van der Waals surface area contributed by atoms with Crippen molar-refractivity contribution in [3.8, 4) is 11.5 Å². The first-order chi connectivity index (χ1) is 11.5. The maximum Gasteiger partial charge on any atom is 0.244 e. The van der Waals surface area contributed by atoms with E-state index in [1.54, 1.807) is 29.5 Å². The zero-order valence-corrected chi connectivity index (χ0v) is 15.0. The van der Waals surface area contributed by atoms with Crippen molar-refractivity contribution in [3.05, 3.63) is 51.2 Å². The number of halogens is 1. The van der Waals surface area contributed by atoms with Gasteiger partial charge in [-0.05, 0) is 41.1 Å². The fourth-order valence-electron chi connectivity index (χ4n) is 2.49. The van der Waals surface area contributed by atoms with E-state index in [0.717, 1.165) is 10.4 Å². The molecule has 0 fully saturated rings. The molecule has 0 saturated heterocycles. The van der Waals surface area contributed by atoms with Crippen LogP contribution in [0.1, 0.15) is 30.3 Å². The lowest BCUT2D eigenvalue weighted by Gasteiger charge is -2.20. The molecule has 1 aliphatic rings. The summed E-state index contributed by atoms with van der Waals surface area (Å²) in [5.41, 5.74) is 0.789. The minimum atomic E-state index is -0.143. The standard InChI is InChI=1S/C18H18ClNO3S/c1-11(2)17(15-4-3-7-24-15)20-16(21)6-5-12-8-13(19)18-14(9-12)22-10-23-18/h3-9,11,17H,10H2,1-2H3,(H,20,21)/b6-5+/t17-/m0/s1. The summed E-state index contributed by atoms with van der Waals surface area (Å²) in [4.78, 5) is 13.4. The van der Waals surface area contributed by atoms with E-state index in [0.29, 0.717) is 22.4 Å². The van der Waals surface area contributed by atoms with Gasteiger partial charge < -0.3 is 14.8 Å². The molecule has 0 radical (unpaired) electrons. The van der Waals surface area contributed by atoms with Gasteiger partial charge in [0.1, 0.15) is 0 Å². The van der Waals surface area contributed by atoms with E-state index in [2.05, 4.69) is 19.2 Å². The number of nitrogens with one attached hydrogen (secondary N) is 1. The molecule has 1 aromatic heterocycles. The average Bonchev–Trinajstić information content (AvgIpc) is 3.21. The molecule has 0 aliphatic carbocycles. The maximum absolute atomic E-state index is 12.3. The van der Waals surface area contributed by atoms with Crippen LogP contribution in [0.4, 0.5) is 0 Å². The minimum Gasteiger partial charge on any atom is -0.454 e. The highest BCUT2D eigenvalue weighted by Crippen LogP contribution is 2.40. The first-order valence-electron chi connectivity index (χ1n) is 7.65. The van der Waals surface area contributed by atoms with Gasteiger partial charge in [-0.25, -0.2) is 0 Å². The molecule has 0 saturated carbocycles. The van der Waals surface area contributed by atoms with Gasteiger partial charge in [0, 0.05) is 11.0 Å². The number of ether oxygens (including phenoxy) is 2. The number of hydrogen-bond acceptors (Lipinski definition) is 4. The third-order valence-corrected chi connectivity index (χ3v) is 4.93. The maximum atomic E-state index is 12.3. The number of benzene rings is 1. The van der Waals surface area contributed by atoms with Crippen molar-refractivity contribution in [2.24, 2.45) is 5.92 Å². The van der Waals surface area contributed by atoms with Gasteiger partial charge in [-0.3, -0.25) is 4.79 Å². The fourth-order valence-corrected chi connectivity index (χ4v) is 3.71. The predicted octanol–water partition coefficient (Wildman–Crippen LogP) is 4.66. The van der Waals surface area contributed by atoms with Crippen molar-refractivity contribution < 1.29 is 14.3 Å². The van der Waals surface area contributed by atoms with Crippen molar-refractivity contribution in [2.75, 3.05) is 6.79 Å². The quantitative estimate of drug-likeness (QED) is 0.786. The van der Waals surface area contributed by atoms with Crippen LogP contribution in [0.15, 0.2) is 35.7 Å². The van der Waals surface area contributed by atoms with Crippen LogP contribution in [-0.2, 0) is 4.79 Å². The molecule has 126 valence electrons. The average molecular weight is 364 g/mol. The summed E-state index contributed by atoms with van der Waals surface area (Å²) in [5.74, 6) is 1.31. The van der Waals surface area contributed by atoms with Crippen LogP contribution < -0.4 is 14.8 Å². The van der Waals surface area contributed by atoms with Gasteiger partial charge in [-0.1, -0.05) is 31.5 Å². The topological polar surface area (TPSA) is 47.6 Å². The predicted molar refractivity (Wildman–Crippen MR) is 96.6 cm³/mol. The summed E-state index contributed by atoms with van der Waals surface area (Å²) < 4.78 is 10.6. The third kappa shape index (κ3) is 3.74. The number of carbonyl (C=O) groups is 1. The first-order valence-corrected chi connectivity index (χ1v) is 8.91. The van der Waals surface area contributed by atoms with E-state index in [-0.39, 0.29) is 18.7 Å². The summed E-state index contributed by atoms with van der Waals surface area (Å²) in [6, 6.07) is 7.58. The molecule has 1 aromatic carbocycles. The van der Waals surface area contributed by atoms with E-state index in [1.807, 2.05) is 17.5 Å². The lowest BCUT2D eigenvalue weighted by atomic mass is 10.0. The van der Waals surface area contributed by atoms with Gasteiger partial charge in [-0.15, -0.1) is 11.3 Å². The molecule has 2 heterocycles. The van der Waals surface area contributed by atoms with Crippen LogP contribution >= 0.6 is 22.9 Å². The van der Waals surface area contributed by atoms with Crippen LogP contribution in [0.2, 0.25) is 5.02 Å². The van der Waals surface area contributed by atoms with Crippen molar-refractivity contribution in [2.45, 2.75) is 19.9 Å². The Morgan fingerprint density at radius 3 is 2.92 bits per heavy atom. The normalized spacial score (nSPS) is 14.3. The number of carbonyl (C=O) groups excluding carboxylic acids is 1. The van der Waals surface area contributed by atoms with Crippen molar-refractivity contribution in [1.82, 2.24) is 5.32 Å². The Balaban J connectivity index is 1.70. The number of hydrogen-bond donors (Lipinski definition) is 1. The molecule has 4 nitrogen and oxygen atoms in total. The number of thiophene rings is 1. The molecule has 3 rings (SSSR count). The summed E-state index contributed by atoms with van der Waals surface area (Å²) in [5, 5.41) is 5.54. The van der Waals surface area contributed by atoms with Gasteiger partial charge in [0.15, 0.2) is 11.5 Å². The van der Waals surface area contributed by atoms with E-state index < -0.39 is 0 Å². The van der Waals surface area contributed by atoms with Crippen molar-refractivity contribution in [3.63, 3.8) is 0 Å². The summed E-state index contributed by atoms with van der Waals surface area (Å²) in [6.07, 6.45) is 3.23. The van der Waals surface area contributed by atoms with Gasteiger partial charge >= 0.3 is 0 Å². The lowest BCUT2D eigenvalue weighted by molar-refractivity contribution is -0.117. The Labute approximate surface area is 150 Å². The van der Waals surface area contributed by atoms with Crippen molar-refractivity contribution >= 4 is 34.9 Å². The fraction of sp³-hybridized carbons (Fsp3) is 0.278. The minimum absolute atomic E-state index is 0.00231. The molecular formula is C18H18ClNO3S. The highest BCUT2D eigenvalue weighted by molar-refractivity contribution is 7.10. The summed E-state index contributed by atoms with van der Waals surface area (Å²) >= 11 is 7.79. The zero-order chi connectivity index (χ0) is 17.1. The van der Waals surface area contributed by atoms with Crippen LogP contribution in [0.5, 0.6) is 11.5 Å². The Bertz CT molecular complexity index is 756. The number of rotatable bonds is 5. The monoisotopic (exact) mass is 363 g/mol. The Morgan fingerprint density at radius 2 is 2.21 bits per heavy atom. The highest BCUT2D eigenvalue weighted by Gasteiger charge is 2.19. The number of fused-ring (bicyclic) bond motifs is 1. The smallest absolute Gasteiger partial charge is 0.244 e. The van der Waals surface area contributed by atoms with Crippen LogP contribution in [0.3, 0.4) is 0 Å². The molecule has 0 bridgehead atoms. The van der Waals surface area contributed by atoms with Crippen LogP contribution in [0, 0.1) is 5.92 Å².